The van der Waals surface area contributed by atoms with Crippen LogP contribution in [0, 0.1) is 0 Å². The van der Waals surface area contributed by atoms with E-state index >= 15 is 0 Å². The van der Waals surface area contributed by atoms with E-state index in [1.54, 1.807) is 0 Å². The minimum Gasteiger partial charge on any atom is -0.352 e. The van der Waals surface area contributed by atoms with Gasteiger partial charge in [0.25, 0.3) is 0 Å². The summed E-state index contributed by atoms with van der Waals surface area (Å²) in [6, 6.07) is 8.73. The van der Waals surface area contributed by atoms with E-state index in [0.29, 0.717) is 6.04 Å². The van der Waals surface area contributed by atoms with Crippen molar-refractivity contribution in [1.82, 2.24) is 10.6 Å². The van der Waals surface area contributed by atoms with Crippen LogP contribution in [0.2, 0.25) is 0 Å². The molecule has 0 unspecified atom stereocenters. The lowest BCUT2D eigenvalue weighted by molar-refractivity contribution is -0.124. The van der Waals surface area contributed by atoms with Gasteiger partial charge >= 0.3 is 0 Å². The summed E-state index contributed by atoms with van der Waals surface area (Å²) < 4.78 is 0. The SMILES string of the molecule is Cl.O=C(NC1CCCC1)[C@@H]1Cc2ccccc2CN1. The van der Waals surface area contributed by atoms with Gasteiger partial charge in [0.05, 0.1) is 6.04 Å². The third kappa shape index (κ3) is 3.28. The summed E-state index contributed by atoms with van der Waals surface area (Å²) in [5, 5.41) is 6.51. The molecule has 19 heavy (non-hydrogen) atoms. The second-order valence-electron chi connectivity index (χ2n) is 5.40. The van der Waals surface area contributed by atoms with Gasteiger partial charge in [-0.2, -0.15) is 0 Å². The molecule has 0 bridgehead atoms. The molecule has 1 aromatic rings. The lowest BCUT2D eigenvalue weighted by Gasteiger charge is -2.26. The van der Waals surface area contributed by atoms with Crippen molar-refractivity contribution in [3.05, 3.63) is 35.4 Å². The van der Waals surface area contributed by atoms with E-state index in [2.05, 4.69) is 34.9 Å². The van der Waals surface area contributed by atoms with Crippen LogP contribution in [0.3, 0.4) is 0 Å². The van der Waals surface area contributed by atoms with Crippen LogP contribution >= 0.6 is 12.4 Å². The van der Waals surface area contributed by atoms with Crippen LogP contribution in [-0.4, -0.2) is 18.0 Å². The number of carbonyl (C=O) groups excluding carboxylic acids is 1. The van der Waals surface area contributed by atoms with Crippen LogP contribution in [0.4, 0.5) is 0 Å². The van der Waals surface area contributed by atoms with Gasteiger partial charge in [-0.1, -0.05) is 37.1 Å². The quantitative estimate of drug-likeness (QED) is 0.872. The summed E-state index contributed by atoms with van der Waals surface area (Å²) in [7, 11) is 0. The van der Waals surface area contributed by atoms with Gasteiger partial charge in [-0.25, -0.2) is 0 Å². The third-order valence-corrected chi connectivity index (χ3v) is 4.10. The third-order valence-electron chi connectivity index (χ3n) is 4.10. The molecule has 1 aliphatic heterocycles. The Morgan fingerprint density at radius 3 is 2.58 bits per heavy atom. The van der Waals surface area contributed by atoms with Crippen molar-refractivity contribution in [2.75, 3.05) is 0 Å². The summed E-state index contributed by atoms with van der Waals surface area (Å²) >= 11 is 0. The standard InChI is InChI=1S/C15H20N2O.ClH/c18-15(17-13-7-3-4-8-13)14-9-11-5-1-2-6-12(11)10-16-14;/h1-2,5-6,13-14,16H,3-4,7-10H2,(H,17,18);1H/t14-;/m0./s1. The van der Waals surface area contributed by atoms with Crippen molar-refractivity contribution in [3.8, 4) is 0 Å². The molecular formula is C15H21ClN2O. The van der Waals surface area contributed by atoms with Gasteiger partial charge in [0.15, 0.2) is 0 Å². The van der Waals surface area contributed by atoms with E-state index in [9.17, 15) is 4.79 Å². The highest BCUT2D eigenvalue weighted by Gasteiger charge is 2.26. The van der Waals surface area contributed by atoms with Crippen LogP contribution in [0.1, 0.15) is 36.8 Å². The maximum atomic E-state index is 12.2. The number of carbonyl (C=O) groups is 1. The molecule has 0 spiro atoms. The second-order valence-corrected chi connectivity index (χ2v) is 5.40. The minimum absolute atomic E-state index is 0. The number of rotatable bonds is 2. The fraction of sp³-hybridized carbons (Fsp3) is 0.533. The molecule has 1 amide bonds. The fourth-order valence-electron chi connectivity index (χ4n) is 3.01. The Labute approximate surface area is 120 Å². The molecule has 104 valence electrons. The number of amides is 1. The molecule has 2 aliphatic rings. The Balaban J connectivity index is 0.00000133. The second kappa shape index (κ2) is 6.40. The van der Waals surface area contributed by atoms with E-state index in [0.717, 1.165) is 25.8 Å². The van der Waals surface area contributed by atoms with Gasteiger partial charge in [-0.05, 0) is 30.4 Å². The summed E-state index contributed by atoms with van der Waals surface area (Å²) in [5.41, 5.74) is 2.63. The summed E-state index contributed by atoms with van der Waals surface area (Å²) in [5.74, 6) is 0.177. The summed E-state index contributed by atoms with van der Waals surface area (Å²) in [6.45, 7) is 0.804. The molecule has 4 heteroatoms. The smallest absolute Gasteiger partial charge is 0.237 e. The Morgan fingerprint density at radius 2 is 1.84 bits per heavy atom. The first-order valence-electron chi connectivity index (χ1n) is 6.93. The van der Waals surface area contributed by atoms with Gasteiger partial charge < -0.3 is 10.6 Å². The Morgan fingerprint density at radius 1 is 1.16 bits per heavy atom. The molecule has 1 heterocycles. The average molecular weight is 281 g/mol. The van der Waals surface area contributed by atoms with Gasteiger partial charge in [0.2, 0.25) is 5.91 Å². The Hall–Kier alpha value is -1.06. The molecule has 1 saturated carbocycles. The topological polar surface area (TPSA) is 41.1 Å². The number of halogens is 1. The van der Waals surface area contributed by atoms with E-state index in [1.165, 1.54) is 24.0 Å². The average Bonchev–Trinajstić information content (AvgIpc) is 2.91. The van der Waals surface area contributed by atoms with Gasteiger partial charge in [0, 0.05) is 12.6 Å². The summed E-state index contributed by atoms with van der Waals surface area (Å²) in [6.07, 6.45) is 5.62. The zero-order chi connectivity index (χ0) is 12.4. The fourth-order valence-corrected chi connectivity index (χ4v) is 3.01. The number of hydrogen-bond acceptors (Lipinski definition) is 2. The van der Waals surface area contributed by atoms with Gasteiger partial charge in [-0.3, -0.25) is 4.79 Å². The van der Waals surface area contributed by atoms with Gasteiger partial charge in [-0.15, -0.1) is 12.4 Å². The Kier molecular flexibility index (Phi) is 4.83. The lowest BCUT2D eigenvalue weighted by atomic mass is 9.95. The number of benzene rings is 1. The van der Waals surface area contributed by atoms with E-state index < -0.39 is 0 Å². The molecular weight excluding hydrogens is 260 g/mol. The minimum atomic E-state index is -0.0551. The van der Waals surface area contributed by atoms with Crippen molar-refractivity contribution in [1.29, 1.82) is 0 Å². The number of hydrogen-bond donors (Lipinski definition) is 2. The number of nitrogens with one attached hydrogen (secondary N) is 2. The van der Waals surface area contributed by atoms with E-state index in [1.807, 2.05) is 0 Å². The zero-order valence-corrected chi connectivity index (χ0v) is 11.8. The highest BCUT2D eigenvalue weighted by molar-refractivity contribution is 5.85. The maximum absolute atomic E-state index is 12.2. The zero-order valence-electron chi connectivity index (χ0n) is 11.0. The first-order chi connectivity index (χ1) is 8.83. The van der Waals surface area contributed by atoms with Crippen LogP contribution in [0.15, 0.2) is 24.3 Å². The highest BCUT2D eigenvalue weighted by atomic mass is 35.5. The van der Waals surface area contributed by atoms with E-state index in [-0.39, 0.29) is 24.4 Å². The van der Waals surface area contributed by atoms with Crippen LogP contribution in [-0.2, 0) is 17.8 Å². The van der Waals surface area contributed by atoms with E-state index in [4.69, 9.17) is 0 Å². The van der Waals surface area contributed by atoms with Crippen molar-refractivity contribution in [2.24, 2.45) is 0 Å². The van der Waals surface area contributed by atoms with Crippen LogP contribution in [0.5, 0.6) is 0 Å². The van der Waals surface area contributed by atoms with Crippen molar-refractivity contribution in [2.45, 2.75) is 50.7 Å². The predicted octanol–water partition coefficient (Wildman–Crippen LogP) is 2.18. The number of fused-ring (bicyclic) bond motifs is 1. The normalized spacial score (nSPS) is 22.4. The largest absolute Gasteiger partial charge is 0.352 e. The molecule has 3 rings (SSSR count). The van der Waals surface area contributed by atoms with Crippen LogP contribution in [0.25, 0.3) is 0 Å². The van der Waals surface area contributed by atoms with Crippen molar-refractivity contribution >= 4 is 18.3 Å². The van der Waals surface area contributed by atoms with Crippen LogP contribution < -0.4 is 10.6 Å². The first-order valence-corrected chi connectivity index (χ1v) is 6.93. The molecule has 3 nitrogen and oxygen atoms in total. The molecule has 1 aromatic carbocycles. The molecule has 0 radical (unpaired) electrons. The maximum Gasteiger partial charge on any atom is 0.237 e. The first kappa shape index (κ1) is 14.4. The van der Waals surface area contributed by atoms with Crippen molar-refractivity contribution in [3.63, 3.8) is 0 Å². The molecule has 1 atom stereocenters. The monoisotopic (exact) mass is 280 g/mol. The molecule has 2 N–H and O–H groups in total. The molecule has 1 aliphatic carbocycles. The highest BCUT2D eigenvalue weighted by Crippen LogP contribution is 2.19. The summed E-state index contributed by atoms with van der Waals surface area (Å²) in [4.78, 5) is 12.2. The lowest BCUT2D eigenvalue weighted by Crippen LogP contribution is -2.49. The van der Waals surface area contributed by atoms with Gasteiger partial charge in [0.1, 0.15) is 0 Å². The van der Waals surface area contributed by atoms with Crippen molar-refractivity contribution < 1.29 is 4.79 Å². The Bertz CT molecular complexity index is 444. The molecule has 0 saturated heterocycles. The molecule has 1 fully saturated rings. The molecule has 0 aromatic heterocycles. The predicted molar refractivity (Wildman–Crippen MR) is 78.4 cm³/mol.